The van der Waals surface area contributed by atoms with Gasteiger partial charge >= 0.3 is 6.18 Å². The van der Waals surface area contributed by atoms with Crippen LogP contribution >= 0.6 is 0 Å². The second-order valence-electron chi connectivity index (χ2n) is 8.61. The van der Waals surface area contributed by atoms with E-state index in [2.05, 4.69) is 14.9 Å². The summed E-state index contributed by atoms with van der Waals surface area (Å²) in [6, 6.07) is 16.1. The maximum Gasteiger partial charge on any atom is 0.433 e. The van der Waals surface area contributed by atoms with Crippen LogP contribution in [0.25, 0.3) is 10.9 Å². The first-order chi connectivity index (χ1) is 17.5. The minimum Gasteiger partial charge on any atom is -0.348 e. The molecule has 1 amide bonds. The topological polar surface area (TPSA) is 81.1 Å². The third-order valence-corrected chi connectivity index (χ3v) is 7.93. The van der Waals surface area contributed by atoms with Crippen LogP contribution in [0.15, 0.2) is 71.8 Å². The zero-order valence-electron chi connectivity index (χ0n) is 20.3. The Labute approximate surface area is 213 Å². The van der Waals surface area contributed by atoms with Gasteiger partial charge in [-0.2, -0.15) is 13.2 Å². The number of sulfone groups is 1. The lowest BCUT2D eigenvalue weighted by molar-refractivity contribution is -0.141. The molecule has 37 heavy (non-hydrogen) atoms. The van der Waals surface area contributed by atoms with Crippen molar-refractivity contribution < 1.29 is 26.4 Å². The fraction of sp³-hybridized carbons (Fsp3) is 0.259. The number of fused-ring (bicyclic) bond motifs is 1. The van der Waals surface area contributed by atoms with E-state index >= 15 is 0 Å². The molecule has 0 atom stereocenters. The molecule has 0 aliphatic carbocycles. The number of aryl methyl sites for hydroxylation is 1. The molecule has 0 unspecified atom stereocenters. The van der Waals surface area contributed by atoms with E-state index in [0.29, 0.717) is 24.1 Å². The lowest BCUT2D eigenvalue weighted by atomic mass is 10.1. The Morgan fingerprint density at radius 3 is 2.27 bits per heavy atom. The Morgan fingerprint density at radius 1 is 0.973 bits per heavy atom. The molecule has 0 saturated heterocycles. The van der Waals surface area contributed by atoms with E-state index in [9.17, 15) is 26.4 Å². The summed E-state index contributed by atoms with van der Waals surface area (Å²) in [7, 11) is -3.28. The van der Waals surface area contributed by atoms with Gasteiger partial charge in [0.2, 0.25) is 0 Å². The molecule has 2 heterocycles. The van der Waals surface area contributed by atoms with E-state index in [0.717, 1.165) is 28.2 Å². The number of aromatic nitrogens is 2. The van der Waals surface area contributed by atoms with Gasteiger partial charge in [-0.1, -0.05) is 25.1 Å². The summed E-state index contributed by atoms with van der Waals surface area (Å²) in [6.07, 6.45) is -2.84. The summed E-state index contributed by atoms with van der Waals surface area (Å²) in [6.45, 7) is 4.46. The maximum atomic E-state index is 12.8. The SMILES string of the molecule is CCn1c(Cc2ccc(C(F)(F)F)nc2)cc2cc(C(=O)NCc3ccc(S(=O)(=O)CC)cc3)ccc21. The zero-order valence-corrected chi connectivity index (χ0v) is 21.2. The van der Waals surface area contributed by atoms with Gasteiger partial charge in [0.1, 0.15) is 5.69 Å². The molecule has 1 N–H and O–H groups in total. The Morgan fingerprint density at radius 2 is 1.68 bits per heavy atom. The zero-order chi connectivity index (χ0) is 26.8. The van der Waals surface area contributed by atoms with Crippen molar-refractivity contribution in [3.8, 4) is 0 Å². The predicted octanol–water partition coefficient (Wildman–Crippen LogP) is 5.39. The smallest absolute Gasteiger partial charge is 0.348 e. The molecule has 2 aromatic carbocycles. The van der Waals surface area contributed by atoms with E-state index in [1.165, 1.54) is 24.4 Å². The molecule has 0 radical (unpaired) electrons. The van der Waals surface area contributed by atoms with Crippen LogP contribution in [0.5, 0.6) is 0 Å². The molecule has 2 aromatic heterocycles. The summed E-state index contributed by atoms with van der Waals surface area (Å²) < 4.78 is 64.4. The third kappa shape index (κ3) is 5.85. The molecule has 0 spiro atoms. The number of carbonyl (C=O) groups is 1. The first-order valence-electron chi connectivity index (χ1n) is 11.8. The molecule has 0 aliphatic rings. The van der Waals surface area contributed by atoms with Gasteiger partial charge in [0.15, 0.2) is 9.84 Å². The van der Waals surface area contributed by atoms with Crippen molar-refractivity contribution in [2.75, 3.05) is 5.75 Å². The van der Waals surface area contributed by atoms with Gasteiger partial charge in [0, 0.05) is 47.9 Å². The third-order valence-electron chi connectivity index (χ3n) is 6.18. The average Bonchev–Trinajstić information content (AvgIpc) is 3.23. The summed E-state index contributed by atoms with van der Waals surface area (Å²) in [4.78, 5) is 16.6. The fourth-order valence-electron chi connectivity index (χ4n) is 4.16. The number of nitrogens with one attached hydrogen (secondary N) is 1. The van der Waals surface area contributed by atoms with Gasteiger partial charge in [-0.25, -0.2) is 8.42 Å². The number of nitrogens with zero attached hydrogens (tertiary/aromatic N) is 2. The molecule has 0 saturated carbocycles. The number of hydrogen-bond donors (Lipinski definition) is 1. The number of carbonyl (C=O) groups excluding carboxylic acids is 1. The minimum atomic E-state index is -4.48. The second-order valence-corrected chi connectivity index (χ2v) is 10.9. The summed E-state index contributed by atoms with van der Waals surface area (Å²) in [5.41, 5.74) is 2.79. The molecule has 10 heteroatoms. The highest BCUT2D eigenvalue weighted by atomic mass is 32.2. The standard InChI is InChI=1S/C27H26F3N3O3S/c1-3-33-22(13-19-7-12-25(31-17-19)27(28,29)30)15-21-14-20(8-11-24(21)33)26(34)32-16-18-5-9-23(10-6-18)37(35,36)4-2/h5-12,14-15,17H,3-4,13,16H2,1-2H3,(H,32,34). The normalized spacial score (nSPS) is 12.1. The van der Waals surface area contributed by atoms with Crippen molar-refractivity contribution in [2.45, 2.75) is 44.4 Å². The first-order valence-corrected chi connectivity index (χ1v) is 13.4. The Bertz CT molecular complexity index is 1530. The van der Waals surface area contributed by atoms with Gasteiger partial charge in [0.05, 0.1) is 10.6 Å². The summed E-state index contributed by atoms with van der Waals surface area (Å²) >= 11 is 0. The van der Waals surface area contributed by atoms with Gasteiger partial charge < -0.3 is 9.88 Å². The highest BCUT2D eigenvalue weighted by Gasteiger charge is 2.32. The molecule has 0 fully saturated rings. The van der Waals surface area contributed by atoms with E-state index in [4.69, 9.17) is 0 Å². The van der Waals surface area contributed by atoms with Crippen molar-refractivity contribution in [1.82, 2.24) is 14.9 Å². The fourth-order valence-corrected chi connectivity index (χ4v) is 5.04. The summed E-state index contributed by atoms with van der Waals surface area (Å²) in [5, 5.41) is 3.70. The van der Waals surface area contributed by atoms with Crippen molar-refractivity contribution in [3.63, 3.8) is 0 Å². The number of amides is 1. The monoisotopic (exact) mass is 529 g/mol. The number of rotatable bonds is 8. The molecular weight excluding hydrogens is 503 g/mol. The maximum absolute atomic E-state index is 12.8. The van der Waals surface area contributed by atoms with Crippen LogP contribution in [0, 0.1) is 0 Å². The van der Waals surface area contributed by atoms with Gasteiger partial charge in [-0.3, -0.25) is 9.78 Å². The van der Waals surface area contributed by atoms with Crippen molar-refractivity contribution in [2.24, 2.45) is 0 Å². The number of alkyl halides is 3. The van der Waals surface area contributed by atoms with Crippen LogP contribution in [-0.2, 0) is 35.5 Å². The van der Waals surface area contributed by atoms with Crippen LogP contribution in [0.4, 0.5) is 13.2 Å². The lowest BCUT2D eigenvalue weighted by Gasteiger charge is -2.10. The Balaban J connectivity index is 1.49. The quantitative estimate of drug-likeness (QED) is 0.332. The Hall–Kier alpha value is -3.66. The van der Waals surface area contributed by atoms with Crippen LogP contribution in [-0.4, -0.2) is 29.6 Å². The summed E-state index contributed by atoms with van der Waals surface area (Å²) in [5.74, 6) is -0.251. The molecule has 4 aromatic rings. The molecule has 0 aliphatic heterocycles. The molecule has 4 rings (SSSR count). The number of pyridine rings is 1. The van der Waals surface area contributed by atoms with E-state index < -0.39 is 21.7 Å². The van der Waals surface area contributed by atoms with Crippen LogP contribution in [0.2, 0.25) is 0 Å². The van der Waals surface area contributed by atoms with E-state index in [1.807, 2.05) is 19.1 Å². The molecular formula is C27H26F3N3O3S. The average molecular weight is 530 g/mol. The predicted molar refractivity (Wildman–Crippen MR) is 135 cm³/mol. The molecule has 194 valence electrons. The van der Waals surface area contributed by atoms with E-state index in [1.54, 1.807) is 31.2 Å². The second kappa shape index (κ2) is 10.4. The van der Waals surface area contributed by atoms with Crippen molar-refractivity contribution in [1.29, 1.82) is 0 Å². The number of hydrogen-bond acceptors (Lipinski definition) is 4. The van der Waals surface area contributed by atoms with Gasteiger partial charge in [0.25, 0.3) is 5.91 Å². The largest absolute Gasteiger partial charge is 0.433 e. The minimum absolute atomic E-state index is 0.0221. The number of benzene rings is 2. The molecule has 0 bridgehead atoms. The van der Waals surface area contributed by atoms with Crippen LogP contribution < -0.4 is 5.32 Å². The van der Waals surface area contributed by atoms with Gasteiger partial charge in [-0.05, 0) is 60.5 Å². The Kier molecular flexibility index (Phi) is 7.40. The van der Waals surface area contributed by atoms with E-state index in [-0.39, 0.29) is 23.1 Å². The highest BCUT2D eigenvalue weighted by Crippen LogP contribution is 2.28. The lowest BCUT2D eigenvalue weighted by Crippen LogP contribution is -2.22. The van der Waals surface area contributed by atoms with Crippen LogP contribution in [0.1, 0.15) is 46.7 Å². The van der Waals surface area contributed by atoms with Crippen molar-refractivity contribution in [3.05, 3.63) is 94.9 Å². The first kappa shape index (κ1) is 26.4. The van der Waals surface area contributed by atoms with Gasteiger partial charge in [-0.15, -0.1) is 0 Å². The van der Waals surface area contributed by atoms with Crippen LogP contribution in [0.3, 0.4) is 0 Å². The van der Waals surface area contributed by atoms with Crippen molar-refractivity contribution >= 4 is 26.6 Å². The number of halogens is 3. The highest BCUT2D eigenvalue weighted by molar-refractivity contribution is 7.91. The molecule has 6 nitrogen and oxygen atoms in total.